The highest BCUT2D eigenvalue weighted by Gasteiger charge is 2.03. The van der Waals surface area contributed by atoms with Crippen molar-refractivity contribution < 1.29 is 4.74 Å². The molecule has 58 valence electrons. The highest BCUT2D eigenvalue weighted by Crippen LogP contribution is 1.98. The van der Waals surface area contributed by atoms with Gasteiger partial charge in [0.15, 0.2) is 0 Å². The van der Waals surface area contributed by atoms with Crippen molar-refractivity contribution in [2.24, 2.45) is 4.99 Å². The fourth-order valence-corrected chi connectivity index (χ4v) is 0.756. The van der Waals surface area contributed by atoms with Crippen molar-refractivity contribution in [1.82, 2.24) is 4.90 Å². The molecule has 0 saturated heterocycles. The summed E-state index contributed by atoms with van der Waals surface area (Å²) >= 11 is 0. The zero-order valence-corrected chi connectivity index (χ0v) is 6.32. The van der Waals surface area contributed by atoms with Gasteiger partial charge >= 0.3 is 0 Å². The van der Waals surface area contributed by atoms with E-state index in [1.165, 1.54) is 0 Å². The van der Waals surface area contributed by atoms with E-state index in [1.54, 1.807) is 24.3 Å². The first-order valence-electron chi connectivity index (χ1n) is 3.24. The lowest BCUT2D eigenvalue weighted by Gasteiger charge is -2.17. The molecule has 1 aliphatic heterocycles. The number of rotatable bonds is 1. The van der Waals surface area contributed by atoms with Crippen LogP contribution in [0.25, 0.3) is 0 Å². The van der Waals surface area contributed by atoms with Gasteiger partial charge in [0.05, 0.1) is 13.2 Å². The van der Waals surface area contributed by atoms with Crippen LogP contribution in [0.15, 0.2) is 17.3 Å². The van der Waals surface area contributed by atoms with Gasteiger partial charge in [0.25, 0.3) is 0 Å². The number of hydrogen-bond acceptors (Lipinski definition) is 4. The summed E-state index contributed by atoms with van der Waals surface area (Å²) in [6, 6.07) is 2.03. The Balaban J connectivity index is 2.45. The SMILES string of the molecule is COC1=NCN(CC#N)C=C1. The molecule has 4 heteroatoms. The predicted octanol–water partition coefficient (Wildman–Crippen LogP) is 0.342. The van der Waals surface area contributed by atoms with Crippen molar-refractivity contribution in [3.63, 3.8) is 0 Å². The number of ether oxygens (including phenoxy) is 1. The summed E-state index contributed by atoms with van der Waals surface area (Å²) in [4.78, 5) is 5.82. The van der Waals surface area contributed by atoms with Crippen LogP contribution in [0.2, 0.25) is 0 Å². The fraction of sp³-hybridized carbons (Fsp3) is 0.429. The van der Waals surface area contributed by atoms with Gasteiger partial charge in [-0.25, -0.2) is 4.99 Å². The quantitative estimate of drug-likeness (QED) is 0.508. The van der Waals surface area contributed by atoms with Crippen LogP contribution < -0.4 is 0 Å². The van der Waals surface area contributed by atoms with Gasteiger partial charge in [0, 0.05) is 12.3 Å². The lowest BCUT2D eigenvalue weighted by molar-refractivity contribution is 0.374. The summed E-state index contributed by atoms with van der Waals surface area (Å²) in [6.07, 6.45) is 3.54. The van der Waals surface area contributed by atoms with Crippen LogP contribution in [-0.4, -0.2) is 31.1 Å². The molecule has 0 aromatic rings. The van der Waals surface area contributed by atoms with Crippen molar-refractivity contribution in [2.75, 3.05) is 20.3 Å². The molecule has 11 heavy (non-hydrogen) atoms. The third-order valence-corrected chi connectivity index (χ3v) is 1.32. The molecule has 0 amide bonds. The fourth-order valence-electron chi connectivity index (χ4n) is 0.756. The van der Waals surface area contributed by atoms with Crippen LogP contribution in [0.4, 0.5) is 0 Å². The maximum atomic E-state index is 8.34. The molecule has 0 aromatic heterocycles. The Hall–Kier alpha value is -1.50. The first-order valence-corrected chi connectivity index (χ1v) is 3.24. The molecule has 0 N–H and O–H groups in total. The van der Waals surface area contributed by atoms with Crippen molar-refractivity contribution in [2.45, 2.75) is 0 Å². The number of nitrogens with zero attached hydrogens (tertiary/aromatic N) is 3. The van der Waals surface area contributed by atoms with E-state index in [0.29, 0.717) is 19.1 Å². The lowest BCUT2D eigenvalue weighted by atomic mass is 10.5. The van der Waals surface area contributed by atoms with E-state index in [0.717, 1.165) is 0 Å². The first-order chi connectivity index (χ1) is 5.36. The first kappa shape index (κ1) is 7.61. The van der Waals surface area contributed by atoms with E-state index in [1.807, 2.05) is 6.07 Å². The zero-order chi connectivity index (χ0) is 8.10. The molecule has 1 aliphatic rings. The Kier molecular flexibility index (Phi) is 2.50. The Morgan fingerprint density at radius 1 is 1.91 bits per heavy atom. The molecule has 0 unspecified atom stereocenters. The van der Waals surface area contributed by atoms with Crippen molar-refractivity contribution >= 4 is 5.90 Å². The van der Waals surface area contributed by atoms with E-state index in [4.69, 9.17) is 10.00 Å². The second-order valence-corrected chi connectivity index (χ2v) is 2.06. The Morgan fingerprint density at radius 2 is 2.73 bits per heavy atom. The van der Waals surface area contributed by atoms with Crippen LogP contribution in [0.5, 0.6) is 0 Å². The molecule has 1 rings (SSSR count). The van der Waals surface area contributed by atoms with Gasteiger partial charge < -0.3 is 9.64 Å². The minimum Gasteiger partial charge on any atom is -0.481 e. The van der Waals surface area contributed by atoms with Gasteiger partial charge in [-0.2, -0.15) is 5.26 Å². The predicted molar refractivity (Wildman–Crippen MR) is 40.8 cm³/mol. The minimum atomic E-state index is 0.372. The van der Waals surface area contributed by atoms with Gasteiger partial charge in [-0.15, -0.1) is 0 Å². The van der Waals surface area contributed by atoms with E-state index < -0.39 is 0 Å². The largest absolute Gasteiger partial charge is 0.481 e. The molecular weight excluding hydrogens is 142 g/mol. The van der Waals surface area contributed by atoms with Crippen LogP contribution in [0.3, 0.4) is 0 Å². The van der Waals surface area contributed by atoms with Crippen molar-refractivity contribution in [1.29, 1.82) is 5.26 Å². The number of methoxy groups -OCH3 is 1. The van der Waals surface area contributed by atoms with E-state index in [9.17, 15) is 0 Å². The van der Waals surface area contributed by atoms with Gasteiger partial charge in [0.2, 0.25) is 5.90 Å². The van der Waals surface area contributed by atoms with Gasteiger partial charge in [0.1, 0.15) is 13.2 Å². The molecule has 4 nitrogen and oxygen atoms in total. The van der Waals surface area contributed by atoms with Crippen LogP contribution in [-0.2, 0) is 4.74 Å². The van der Waals surface area contributed by atoms with Crippen LogP contribution in [0.1, 0.15) is 0 Å². The van der Waals surface area contributed by atoms with E-state index >= 15 is 0 Å². The smallest absolute Gasteiger partial charge is 0.211 e. The lowest BCUT2D eigenvalue weighted by Crippen LogP contribution is -2.22. The Bertz CT molecular complexity index is 226. The molecule has 0 bridgehead atoms. The molecule has 0 aromatic carbocycles. The van der Waals surface area contributed by atoms with Crippen molar-refractivity contribution in [3.8, 4) is 6.07 Å². The average Bonchev–Trinajstić information content (AvgIpc) is 2.07. The van der Waals surface area contributed by atoms with Gasteiger partial charge in [-0.1, -0.05) is 0 Å². The van der Waals surface area contributed by atoms with Crippen LogP contribution in [0, 0.1) is 11.3 Å². The number of hydrogen-bond donors (Lipinski definition) is 0. The molecule has 0 fully saturated rings. The second kappa shape index (κ2) is 3.62. The summed E-state index contributed by atoms with van der Waals surface area (Å²) in [7, 11) is 1.57. The molecule has 1 heterocycles. The summed E-state index contributed by atoms with van der Waals surface area (Å²) < 4.78 is 4.87. The topological polar surface area (TPSA) is 48.6 Å². The molecule has 0 radical (unpaired) electrons. The zero-order valence-electron chi connectivity index (χ0n) is 6.32. The van der Waals surface area contributed by atoms with Crippen molar-refractivity contribution in [3.05, 3.63) is 12.3 Å². The van der Waals surface area contributed by atoms with E-state index in [2.05, 4.69) is 4.99 Å². The summed E-state index contributed by atoms with van der Waals surface area (Å²) in [5.41, 5.74) is 0. The van der Waals surface area contributed by atoms with Gasteiger partial charge in [-0.05, 0) is 0 Å². The highest BCUT2D eigenvalue weighted by molar-refractivity contribution is 5.87. The minimum absolute atomic E-state index is 0.372. The molecule has 0 aliphatic carbocycles. The van der Waals surface area contributed by atoms with E-state index in [-0.39, 0.29) is 0 Å². The molecule has 0 spiro atoms. The van der Waals surface area contributed by atoms with Crippen LogP contribution >= 0.6 is 0 Å². The standard InChI is InChI=1S/C7H9N3O/c1-11-7-2-4-10(5-3-8)6-9-7/h2,4H,5-6H2,1H3. The third kappa shape index (κ3) is 1.97. The highest BCUT2D eigenvalue weighted by atomic mass is 16.5. The molecule has 0 atom stereocenters. The second-order valence-electron chi connectivity index (χ2n) is 2.06. The monoisotopic (exact) mass is 151 g/mol. The maximum Gasteiger partial charge on any atom is 0.211 e. The summed E-state index contributed by atoms with van der Waals surface area (Å²) in [5.74, 6) is 0.610. The number of nitriles is 1. The summed E-state index contributed by atoms with van der Waals surface area (Å²) in [5, 5.41) is 8.34. The molecule has 0 saturated carbocycles. The molecular formula is C7H9N3O. The maximum absolute atomic E-state index is 8.34. The Labute approximate surface area is 65.4 Å². The number of aliphatic imine (C=N–C) groups is 1. The Morgan fingerprint density at radius 3 is 3.18 bits per heavy atom. The van der Waals surface area contributed by atoms with Gasteiger partial charge in [-0.3, -0.25) is 0 Å². The average molecular weight is 151 g/mol. The summed E-state index contributed by atoms with van der Waals surface area (Å²) in [6.45, 7) is 0.879. The third-order valence-electron chi connectivity index (χ3n) is 1.32. The normalized spacial score (nSPS) is 15.6.